The highest BCUT2D eigenvalue weighted by molar-refractivity contribution is 6.04. The second kappa shape index (κ2) is 9.67. The highest BCUT2D eigenvalue weighted by Gasteiger charge is 2.35. The highest BCUT2D eigenvalue weighted by atomic mass is 14.7. The van der Waals surface area contributed by atoms with E-state index in [4.69, 9.17) is 4.98 Å². The topological polar surface area (TPSA) is 38.7 Å². The molecule has 8 aromatic rings. The molecule has 0 N–H and O–H groups in total. The quantitative estimate of drug-likeness (QED) is 0.197. The van der Waals surface area contributed by atoms with Crippen LogP contribution in [0.15, 0.2) is 140 Å². The van der Waals surface area contributed by atoms with Crippen LogP contribution in [0.4, 0.5) is 0 Å². The Morgan fingerprint density at radius 2 is 1.11 bits per heavy atom. The Hall–Kier alpha value is -5.67. The molecule has 0 saturated heterocycles. The summed E-state index contributed by atoms with van der Waals surface area (Å²) in [6.45, 7) is 4.66. The van der Waals surface area contributed by atoms with E-state index in [1.165, 1.54) is 33.4 Å². The van der Waals surface area contributed by atoms with Crippen LogP contribution in [-0.4, -0.2) is 15.0 Å². The Morgan fingerprint density at radius 1 is 0.422 bits per heavy atom. The monoisotopic (exact) mass is 575 g/mol. The van der Waals surface area contributed by atoms with Gasteiger partial charge in [0, 0.05) is 45.7 Å². The van der Waals surface area contributed by atoms with Crippen molar-refractivity contribution < 1.29 is 0 Å². The van der Waals surface area contributed by atoms with Crippen LogP contribution in [-0.2, 0) is 5.41 Å². The van der Waals surface area contributed by atoms with E-state index in [0.29, 0.717) is 0 Å². The molecule has 5 aromatic carbocycles. The van der Waals surface area contributed by atoms with Gasteiger partial charge in [-0.25, -0.2) is 0 Å². The van der Waals surface area contributed by atoms with Gasteiger partial charge in [0.05, 0.1) is 16.6 Å². The average molecular weight is 576 g/mol. The summed E-state index contributed by atoms with van der Waals surface area (Å²) in [6.07, 6.45) is 5.68. The van der Waals surface area contributed by atoms with Crippen molar-refractivity contribution in [1.29, 1.82) is 0 Å². The van der Waals surface area contributed by atoms with E-state index in [-0.39, 0.29) is 5.41 Å². The van der Waals surface area contributed by atoms with Crippen LogP contribution in [0.3, 0.4) is 0 Å². The van der Waals surface area contributed by atoms with E-state index < -0.39 is 0 Å². The molecule has 3 heteroatoms. The maximum absolute atomic E-state index is 4.95. The summed E-state index contributed by atoms with van der Waals surface area (Å²) < 4.78 is 0. The summed E-state index contributed by atoms with van der Waals surface area (Å²) in [5, 5.41) is 3.30. The minimum Gasteiger partial charge on any atom is -0.256 e. The van der Waals surface area contributed by atoms with Crippen LogP contribution in [0.5, 0.6) is 0 Å². The van der Waals surface area contributed by atoms with Crippen molar-refractivity contribution in [2.45, 2.75) is 19.3 Å². The fourth-order valence-electron chi connectivity index (χ4n) is 7.23. The van der Waals surface area contributed by atoms with E-state index in [2.05, 4.69) is 133 Å². The molecule has 0 saturated carbocycles. The number of fused-ring (bicyclic) bond motifs is 7. The Labute approximate surface area is 261 Å². The van der Waals surface area contributed by atoms with E-state index in [1.807, 2.05) is 30.7 Å². The van der Waals surface area contributed by atoms with Gasteiger partial charge in [0.25, 0.3) is 0 Å². The fraction of sp³-hybridized carbons (Fsp3) is 0.0714. The molecule has 0 unspecified atom stereocenters. The normalized spacial score (nSPS) is 13.3. The summed E-state index contributed by atoms with van der Waals surface area (Å²) in [5.41, 5.74) is 15.1. The van der Waals surface area contributed by atoms with Crippen molar-refractivity contribution in [1.82, 2.24) is 15.0 Å². The first kappa shape index (κ1) is 25.8. The number of rotatable bonds is 3. The molecule has 212 valence electrons. The first-order chi connectivity index (χ1) is 22.0. The smallest absolute Gasteiger partial charge is 0.0964 e. The Morgan fingerprint density at radius 3 is 2.02 bits per heavy atom. The minimum atomic E-state index is -0.0124. The van der Waals surface area contributed by atoms with Gasteiger partial charge in [-0.1, -0.05) is 98.8 Å². The van der Waals surface area contributed by atoms with Crippen LogP contribution >= 0.6 is 0 Å². The average Bonchev–Trinajstić information content (AvgIpc) is 3.33. The van der Waals surface area contributed by atoms with Gasteiger partial charge in [-0.3, -0.25) is 15.0 Å². The molecule has 0 bridgehead atoms. The molecule has 45 heavy (non-hydrogen) atoms. The zero-order valence-electron chi connectivity index (χ0n) is 25.1. The molecule has 3 nitrogen and oxygen atoms in total. The number of hydrogen-bond acceptors (Lipinski definition) is 3. The zero-order chi connectivity index (χ0) is 30.1. The second-order valence-corrected chi connectivity index (χ2v) is 12.5. The minimum absolute atomic E-state index is 0.0124. The molecular formula is C42H29N3. The second-order valence-electron chi connectivity index (χ2n) is 12.5. The lowest BCUT2D eigenvalue weighted by Gasteiger charge is -2.21. The number of hydrogen-bond donors (Lipinski definition) is 0. The third-order valence-electron chi connectivity index (χ3n) is 9.59. The van der Waals surface area contributed by atoms with Crippen molar-refractivity contribution >= 4 is 32.7 Å². The van der Waals surface area contributed by atoms with E-state index in [0.717, 1.165) is 55.0 Å². The molecule has 0 aliphatic heterocycles. The lowest BCUT2D eigenvalue weighted by molar-refractivity contribution is 0.660. The SMILES string of the molecule is CC1(C)c2ccccc2-c2cc(-c3ccc(-c4cnc5c(ccc6cccnc65)c4)c(-c4ccc5cccnc5c4)c3)ccc21. The predicted molar refractivity (Wildman–Crippen MR) is 186 cm³/mol. The van der Waals surface area contributed by atoms with Crippen LogP contribution in [0, 0.1) is 0 Å². The lowest BCUT2D eigenvalue weighted by atomic mass is 9.82. The Bertz CT molecular complexity index is 2470. The van der Waals surface area contributed by atoms with Gasteiger partial charge in [-0.2, -0.15) is 0 Å². The summed E-state index contributed by atoms with van der Waals surface area (Å²) in [7, 11) is 0. The largest absolute Gasteiger partial charge is 0.256 e. The molecule has 3 heterocycles. The Balaban J connectivity index is 1.24. The summed E-state index contributed by atoms with van der Waals surface area (Å²) in [4.78, 5) is 14.3. The molecule has 0 spiro atoms. The lowest BCUT2D eigenvalue weighted by Crippen LogP contribution is -2.14. The number of aromatic nitrogens is 3. The van der Waals surface area contributed by atoms with E-state index in [9.17, 15) is 0 Å². The molecule has 9 rings (SSSR count). The number of benzene rings is 5. The van der Waals surface area contributed by atoms with Crippen molar-refractivity contribution in [2.75, 3.05) is 0 Å². The fourth-order valence-corrected chi connectivity index (χ4v) is 7.23. The molecule has 1 aliphatic carbocycles. The predicted octanol–water partition coefficient (Wildman–Crippen LogP) is 10.6. The van der Waals surface area contributed by atoms with Gasteiger partial charge in [-0.05, 0) is 86.5 Å². The van der Waals surface area contributed by atoms with Crippen molar-refractivity contribution in [2.24, 2.45) is 0 Å². The molecular weight excluding hydrogens is 546 g/mol. The zero-order valence-corrected chi connectivity index (χ0v) is 25.1. The van der Waals surface area contributed by atoms with Gasteiger partial charge in [0.15, 0.2) is 0 Å². The summed E-state index contributed by atoms with van der Waals surface area (Å²) in [5.74, 6) is 0. The van der Waals surface area contributed by atoms with Gasteiger partial charge >= 0.3 is 0 Å². The standard InChI is InChI=1S/C42H29N3/c1-42(2)37-10-4-3-9-34(37)36-23-29(16-18-38(36)42)28-15-17-33(35(22-28)30-13-11-26-7-5-19-43-39(26)24-30)32-21-31-14-12-27-8-6-20-44-40(27)41(31)45-25-32/h3-25H,1-2H3. The highest BCUT2D eigenvalue weighted by Crippen LogP contribution is 2.49. The number of pyridine rings is 3. The van der Waals surface area contributed by atoms with Gasteiger partial charge < -0.3 is 0 Å². The molecule has 0 amide bonds. The summed E-state index contributed by atoms with van der Waals surface area (Å²) >= 11 is 0. The summed E-state index contributed by atoms with van der Waals surface area (Å²) in [6, 6.07) is 43.9. The van der Waals surface area contributed by atoms with Gasteiger partial charge in [0.2, 0.25) is 0 Å². The molecule has 0 radical (unpaired) electrons. The first-order valence-corrected chi connectivity index (χ1v) is 15.4. The van der Waals surface area contributed by atoms with Crippen molar-refractivity contribution in [3.8, 4) is 44.5 Å². The van der Waals surface area contributed by atoms with E-state index >= 15 is 0 Å². The maximum atomic E-state index is 4.95. The number of nitrogens with zero attached hydrogens (tertiary/aromatic N) is 3. The maximum Gasteiger partial charge on any atom is 0.0964 e. The van der Waals surface area contributed by atoms with Crippen molar-refractivity contribution in [3.05, 3.63) is 151 Å². The Kier molecular flexibility index (Phi) is 5.54. The first-order valence-electron chi connectivity index (χ1n) is 15.4. The van der Waals surface area contributed by atoms with Crippen LogP contribution in [0.1, 0.15) is 25.0 Å². The van der Waals surface area contributed by atoms with Gasteiger partial charge in [-0.15, -0.1) is 0 Å². The van der Waals surface area contributed by atoms with Crippen LogP contribution < -0.4 is 0 Å². The molecule has 3 aromatic heterocycles. The molecule has 1 aliphatic rings. The van der Waals surface area contributed by atoms with Crippen molar-refractivity contribution in [3.63, 3.8) is 0 Å². The van der Waals surface area contributed by atoms with E-state index in [1.54, 1.807) is 0 Å². The third kappa shape index (κ3) is 4.01. The molecule has 0 atom stereocenters. The third-order valence-corrected chi connectivity index (χ3v) is 9.59. The van der Waals surface area contributed by atoms with Crippen LogP contribution in [0.25, 0.3) is 77.2 Å². The molecule has 0 fully saturated rings. The van der Waals surface area contributed by atoms with Gasteiger partial charge in [0.1, 0.15) is 0 Å². The van der Waals surface area contributed by atoms with Crippen LogP contribution in [0.2, 0.25) is 0 Å².